The smallest absolute Gasteiger partial charge is 0.193 e. The van der Waals surface area contributed by atoms with Crippen LogP contribution in [-0.2, 0) is 9.47 Å². The minimum Gasteiger partial charge on any atom is -0.383 e. The van der Waals surface area contributed by atoms with Gasteiger partial charge in [0.1, 0.15) is 0 Å². The molecular formula is C18H36N4O2. The zero-order valence-electron chi connectivity index (χ0n) is 15.8. The van der Waals surface area contributed by atoms with Gasteiger partial charge < -0.3 is 24.6 Å². The highest BCUT2D eigenvalue weighted by Crippen LogP contribution is 2.28. The van der Waals surface area contributed by atoms with Crippen LogP contribution in [0.15, 0.2) is 4.99 Å². The van der Waals surface area contributed by atoms with Crippen LogP contribution in [0.3, 0.4) is 0 Å². The third-order valence-electron chi connectivity index (χ3n) is 5.06. The minimum absolute atomic E-state index is 0.736. The van der Waals surface area contributed by atoms with Crippen molar-refractivity contribution in [2.75, 3.05) is 73.7 Å². The van der Waals surface area contributed by atoms with Crippen LogP contribution in [0, 0.1) is 11.8 Å². The summed E-state index contributed by atoms with van der Waals surface area (Å²) in [5, 5.41) is 3.54. The third kappa shape index (κ3) is 7.36. The van der Waals surface area contributed by atoms with E-state index in [1.807, 2.05) is 7.05 Å². The molecule has 0 aromatic carbocycles. The fourth-order valence-electron chi connectivity index (χ4n) is 3.10. The second-order valence-electron chi connectivity index (χ2n) is 7.15. The quantitative estimate of drug-likeness (QED) is 0.369. The van der Waals surface area contributed by atoms with Crippen molar-refractivity contribution < 1.29 is 9.47 Å². The van der Waals surface area contributed by atoms with Crippen molar-refractivity contribution in [3.63, 3.8) is 0 Å². The number of guanidine groups is 1. The standard InChI is InChI=1S/C18H36N4O2/c1-19-18(21(2)10-13-24-15-17-4-5-17)20-14-16-6-8-22(9-7-16)11-12-23-3/h16-17H,4-15H2,1-3H3,(H,19,20). The molecule has 1 heterocycles. The Hall–Kier alpha value is -0.850. The van der Waals surface area contributed by atoms with E-state index in [4.69, 9.17) is 9.47 Å². The number of aliphatic imine (C=N–C) groups is 1. The lowest BCUT2D eigenvalue weighted by Gasteiger charge is -2.32. The number of rotatable bonds is 10. The second kappa shape index (κ2) is 10.9. The molecule has 2 rings (SSSR count). The second-order valence-corrected chi connectivity index (χ2v) is 7.15. The highest BCUT2D eigenvalue weighted by Gasteiger charge is 2.21. The lowest BCUT2D eigenvalue weighted by atomic mass is 9.97. The van der Waals surface area contributed by atoms with Crippen molar-refractivity contribution in [2.24, 2.45) is 16.8 Å². The van der Waals surface area contributed by atoms with Gasteiger partial charge in [-0.25, -0.2) is 0 Å². The number of nitrogens with one attached hydrogen (secondary N) is 1. The number of hydrogen-bond acceptors (Lipinski definition) is 4. The first-order chi connectivity index (χ1) is 11.7. The molecular weight excluding hydrogens is 304 g/mol. The van der Waals surface area contributed by atoms with Crippen LogP contribution in [0.25, 0.3) is 0 Å². The highest BCUT2D eigenvalue weighted by atomic mass is 16.5. The van der Waals surface area contributed by atoms with Crippen molar-refractivity contribution >= 4 is 5.96 Å². The molecule has 0 spiro atoms. The number of hydrogen-bond donors (Lipinski definition) is 1. The van der Waals surface area contributed by atoms with Gasteiger partial charge in [0.15, 0.2) is 5.96 Å². The first kappa shape index (κ1) is 19.5. The monoisotopic (exact) mass is 340 g/mol. The molecule has 0 atom stereocenters. The summed E-state index contributed by atoms with van der Waals surface area (Å²) in [5.74, 6) is 2.55. The number of methoxy groups -OCH3 is 1. The minimum atomic E-state index is 0.736. The van der Waals surface area contributed by atoms with Crippen molar-refractivity contribution in [3.8, 4) is 0 Å². The Kier molecular flexibility index (Phi) is 8.84. The third-order valence-corrected chi connectivity index (χ3v) is 5.06. The van der Waals surface area contributed by atoms with Gasteiger partial charge in [-0.1, -0.05) is 0 Å². The fraction of sp³-hybridized carbons (Fsp3) is 0.944. The van der Waals surface area contributed by atoms with Crippen LogP contribution in [0.5, 0.6) is 0 Å². The summed E-state index contributed by atoms with van der Waals surface area (Å²) in [4.78, 5) is 9.07. The van der Waals surface area contributed by atoms with Crippen LogP contribution in [0.2, 0.25) is 0 Å². The Bertz CT molecular complexity index is 366. The van der Waals surface area contributed by atoms with Gasteiger partial charge in [-0.15, -0.1) is 0 Å². The van der Waals surface area contributed by atoms with E-state index in [-0.39, 0.29) is 0 Å². The molecule has 1 N–H and O–H groups in total. The predicted molar refractivity (Wildman–Crippen MR) is 98.6 cm³/mol. The van der Waals surface area contributed by atoms with Crippen LogP contribution in [-0.4, -0.2) is 89.5 Å². The van der Waals surface area contributed by atoms with Crippen molar-refractivity contribution in [2.45, 2.75) is 25.7 Å². The molecule has 24 heavy (non-hydrogen) atoms. The van der Waals surface area contributed by atoms with E-state index >= 15 is 0 Å². The largest absolute Gasteiger partial charge is 0.383 e. The molecule has 1 aliphatic carbocycles. The Morgan fingerprint density at radius 3 is 2.54 bits per heavy atom. The van der Waals surface area contributed by atoms with Crippen molar-refractivity contribution in [1.29, 1.82) is 0 Å². The topological polar surface area (TPSA) is 49.3 Å². The number of likely N-dealkylation sites (tertiary alicyclic amines) is 1. The molecule has 2 fully saturated rings. The van der Waals surface area contributed by atoms with Crippen LogP contribution in [0.1, 0.15) is 25.7 Å². The number of ether oxygens (including phenoxy) is 2. The van der Waals surface area contributed by atoms with E-state index < -0.39 is 0 Å². The zero-order chi connectivity index (χ0) is 17.2. The Morgan fingerprint density at radius 2 is 1.92 bits per heavy atom. The van der Waals surface area contributed by atoms with Gasteiger partial charge in [-0.2, -0.15) is 0 Å². The van der Waals surface area contributed by atoms with Crippen LogP contribution >= 0.6 is 0 Å². The van der Waals surface area contributed by atoms with Gasteiger partial charge in [0.2, 0.25) is 0 Å². The van der Waals surface area contributed by atoms with Crippen molar-refractivity contribution in [1.82, 2.24) is 15.1 Å². The van der Waals surface area contributed by atoms with Gasteiger partial charge in [0.05, 0.1) is 13.2 Å². The number of nitrogens with zero attached hydrogens (tertiary/aromatic N) is 3. The van der Waals surface area contributed by atoms with E-state index in [0.717, 1.165) is 57.3 Å². The van der Waals surface area contributed by atoms with E-state index in [1.165, 1.54) is 38.8 Å². The summed E-state index contributed by atoms with van der Waals surface area (Å²) >= 11 is 0. The van der Waals surface area contributed by atoms with E-state index in [1.54, 1.807) is 7.11 Å². The van der Waals surface area contributed by atoms with Gasteiger partial charge in [0, 0.05) is 47.4 Å². The average Bonchev–Trinajstić information content (AvgIpc) is 3.43. The first-order valence-corrected chi connectivity index (χ1v) is 9.43. The molecule has 6 heteroatoms. The lowest BCUT2D eigenvalue weighted by Crippen LogP contribution is -2.44. The van der Waals surface area contributed by atoms with Crippen LogP contribution < -0.4 is 5.32 Å². The molecule has 6 nitrogen and oxygen atoms in total. The van der Waals surface area contributed by atoms with Gasteiger partial charge in [-0.3, -0.25) is 4.99 Å². The van der Waals surface area contributed by atoms with Gasteiger partial charge in [0.25, 0.3) is 0 Å². The normalized spacial score (nSPS) is 20.4. The maximum absolute atomic E-state index is 5.72. The molecule has 0 aromatic heterocycles. The van der Waals surface area contributed by atoms with E-state index in [9.17, 15) is 0 Å². The summed E-state index contributed by atoms with van der Waals surface area (Å²) in [7, 11) is 5.72. The summed E-state index contributed by atoms with van der Waals surface area (Å²) in [6.45, 7) is 7.87. The highest BCUT2D eigenvalue weighted by molar-refractivity contribution is 5.79. The Morgan fingerprint density at radius 1 is 1.17 bits per heavy atom. The van der Waals surface area contributed by atoms with Crippen molar-refractivity contribution in [3.05, 3.63) is 0 Å². The maximum Gasteiger partial charge on any atom is 0.193 e. The molecule has 0 amide bonds. The Labute approximate surface area is 147 Å². The predicted octanol–water partition coefficient (Wildman–Crippen LogP) is 1.28. The molecule has 2 aliphatic rings. The van der Waals surface area contributed by atoms with Gasteiger partial charge >= 0.3 is 0 Å². The molecule has 140 valence electrons. The molecule has 1 saturated heterocycles. The molecule has 0 bridgehead atoms. The molecule has 0 radical (unpaired) electrons. The summed E-state index contributed by atoms with van der Waals surface area (Å²) in [6.07, 6.45) is 5.20. The van der Waals surface area contributed by atoms with E-state index in [2.05, 4.69) is 27.2 Å². The molecule has 0 aromatic rings. The summed E-state index contributed by atoms with van der Waals surface area (Å²) in [5.41, 5.74) is 0. The number of piperidine rings is 1. The maximum atomic E-state index is 5.72. The number of likely N-dealkylation sites (N-methyl/N-ethyl adjacent to an activating group) is 1. The molecule has 1 aliphatic heterocycles. The zero-order valence-corrected chi connectivity index (χ0v) is 15.8. The summed E-state index contributed by atoms with van der Waals surface area (Å²) in [6, 6.07) is 0. The summed E-state index contributed by atoms with van der Waals surface area (Å²) < 4.78 is 10.9. The molecule has 0 unspecified atom stereocenters. The average molecular weight is 341 g/mol. The SMILES string of the molecule is CN=C(NCC1CCN(CCOC)CC1)N(C)CCOCC1CC1. The Balaban J connectivity index is 1.57. The van der Waals surface area contributed by atoms with Crippen LogP contribution in [0.4, 0.5) is 0 Å². The molecule has 1 saturated carbocycles. The fourth-order valence-corrected chi connectivity index (χ4v) is 3.10. The lowest BCUT2D eigenvalue weighted by molar-refractivity contribution is 0.114. The van der Waals surface area contributed by atoms with E-state index in [0.29, 0.717) is 0 Å². The van der Waals surface area contributed by atoms with Gasteiger partial charge in [-0.05, 0) is 50.6 Å². The first-order valence-electron chi connectivity index (χ1n) is 9.43.